The number of methoxy groups -OCH3 is 1. The molecule has 0 aliphatic heterocycles. The minimum absolute atomic E-state index is 0.0206. The van der Waals surface area contributed by atoms with Crippen LogP contribution in [0.3, 0.4) is 0 Å². The summed E-state index contributed by atoms with van der Waals surface area (Å²) in [6.07, 6.45) is 2.35. The van der Waals surface area contributed by atoms with Crippen LogP contribution in [0.5, 0.6) is 0 Å². The predicted molar refractivity (Wildman–Crippen MR) is 72.6 cm³/mol. The Labute approximate surface area is 115 Å². The first-order valence-corrected chi connectivity index (χ1v) is 6.68. The number of ether oxygens (including phenoxy) is 1. The van der Waals surface area contributed by atoms with Crippen LogP contribution in [0.1, 0.15) is 23.8 Å². The highest BCUT2D eigenvalue weighted by Gasteiger charge is 2.16. The first-order valence-electron chi connectivity index (χ1n) is 5.88. The number of rotatable bonds is 7. The number of amides is 1. The summed E-state index contributed by atoms with van der Waals surface area (Å²) < 4.78 is 7.75. The summed E-state index contributed by atoms with van der Waals surface area (Å²) in [5.74, 6) is -0.155. The predicted octanol–water partition coefficient (Wildman–Crippen LogP) is 1.40. The summed E-state index contributed by atoms with van der Waals surface area (Å²) in [6, 6.07) is 1.60. The molecule has 1 amide bonds. The first kappa shape index (κ1) is 15.2. The van der Waals surface area contributed by atoms with Crippen LogP contribution in [-0.4, -0.2) is 41.9 Å². The van der Waals surface area contributed by atoms with Gasteiger partial charge in [0.1, 0.15) is 5.69 Å². The topological polar surface area (TPSA) is 63.5 Å². The lowest BCUT2D eigenvalue weighted by Gasteiger charge is -2.17. The monoisotopic (exact) mass is 318 g/mol. The van der Waals surface area contributed by atoms with E-state index in [4.69, 9.17) is 9.84 Å². The number of nitrogens with one attached hydrogen (secondary N) is 1. The molecule has 1 atom stereocenters. The Kier molecular flexibility index (Phi) is 6.38. The molecule has 1 rings (SSSR count). The average molecular weight is 319 g/mol. The number of aromatic nitrogens is 1. The molecular weight excluding hydrogens is 300 g/mol. The lowest BCUT2D eigenvalue weighted by atomic mass is 10.2. The first-order chi connectivity index (χ1) is 8.62. The fraction of sp³-hybridized carbons (Fsp3) is 0.583. The van der Waals surface area contributed by atoms with Crippen molar-refractivity contribution in [2.24, 2.45) is 0 Å². The van der Waals surface area contributed by atoms with E-state index in [0.717, 1.165) is 11.0 Å². The van der Waals surface area contributed by atoms with Gasteiger partial charge in [0.15, 0.2) is 0 Å². The van der Waals surface area contributed by atoms with Crippen molar-refractivity contribution in [3.8, 4) is 0 Å². The third kappa shape index (κ3) is 4.12. The van der Waals surface area contributed by atoms with Gasteiger partial charge < -0.3 is 19.7 Å². The molecule has 0 bridgehead atoms. The number of hydrogen-bond acceptors (Lipinski definition) is 3. The maximum atomic E-state index is 12.1. The van der Waals surface area contributed by atoms with Gasteiger partial charge in [-0.3, -0.25) is 4.79 Å². The number of hydrogen-bond donors (Lipinski definition) is 2. The molecule has 0 saturated heterocycles. The molecule has 102 valence electrons. The minimum Gasteiger partial charge on any atom is -0.396 e. The molecule has 18 heavy (non-hydrogen) atoms. The summed E-state index contributed by atoms with van der Waals surface area (Å²) in [6.45, 7) is 3.11. The van der Waals surface area contributed by atoms with Gasteiger partial charge in [0.25, 0.3) is 5.91 Å². The van der Waals surface area contributed by atoms with Gasteiger partial charge in [0.2, 0.25) is 0 Å². The van der Waals surface area contributed by atoms with E-state index in [1.807, 2.05) is 17.7 Å². The highest BCUT2D eigenvalue weighted by Crippen LogP contribution is 2.15. The molecule has 1 unspecified atom stereocenters. The van der Waals surface area contributed by atoms with Gasteiger partial charge >= 0.3 is 0 Å². The molecule has 0 aliphatic carbocycles. The zero-order valence-corrected chi connectivity index (χ0v) is 12.2. The van der Waals surface area contributed by atoms with Crippen molar-refractivity contribution in [2.75, 3.05) is 20.3 Å². The van der Waals surface area contributed by atoms with E-state index in [1.54, 1.807) is 13.2 Å². The maximum absolute atomic E-state index is 12.1. The van der Waals surface area contributed by atoms with Gasteiger partial charge in [-0.2, -0.15) is 0 Å². The molecule has 1 aromatic heterocycles. The van der Waals surface area contributed by atoms with Crippen molar-refractivity contribution in [1.29, 1.82) is 0 Å². The van der Waals surface area contributed by atoms with E-state index in [9.17, 15) is 4.79 Å². The Morgan fingerprint density at radius 3 is 2.94 bits per heavy atom. The van der Waals surface area contributed by atoms with Crippen LogP contribution < -0.4 is 5.32 Å². The molecule has 0 radical (unpaired) electrons. The molecule has 1 heterocycles. The van der Waals surface area contributed by atoms with Gasteiger partial charge in [-0.15, -0.1) is 0 Å². The number of halogens is 1. The van der Waals surface area contributed by atoms with Crippen LogP contribution in [-0.2, 0) is 11.3 Å². The van der Waals surface area contributed by atoms with Crippen molar-refractivity contribution >= 4 is 21.8 Å². The number of aliphatic hydroxyl groups is 1. The average Bonchev–Trinajstić information content (AvgIpc) is 2.71. The second-order valence-electron chi connectivity index (χ2n) is 3.97. The molecular formula is C12H19BrN2O3. The van der Waals surface area contributed by atoms with Crippen LogP contribution in [0.4, 0.5) is 0 Å². The van der Waals surface area contributed by atoms with Gasteiger partial charge in [0, 0.05) is 30.9 Å². The van der Waals surface area contributed by atoms with Crippen LogP contribution in [0.15, 0.2) is 16.7 Å². The molecule has 0 aromatic carbocycles. The van der Waals surface area contributed by atoms with Crippen LogP contribution in [0.25, 0.3) is 0 Å². The summed E-state index contributed by atoms with van der Waals surface area (Å²) in [5.41, 5.74) is 0.600. The van der Waals surface area contributed by atoms with Crippen LogP contribution in [0, 0.1) is 0 Å². The lowest BCUT2D eigenvalue weighted by molar-refractivity contribution is 0.0870. The number of aryl methyl sites for hydroxylation is 1. The molecule has 0 fully saturated rings. The van der Waals surface area contributed by atoms with E-state index in [2.05, 4.69) is 21.2 Å². The van der Waals surface area contributed by atoms with E-state index >= 15 is 0 Å². The largest absolute Gasteiger partial charge is 0.396 e. The fourth-order valence-electron chi connectivity index (χ4n) is 1.74. The zero-order valence-electron chi connectivity index (χ0n) is 10.6. The van der Waals surface area contributed by atoms with E-state index in [-0.39, 0.29) is 18.6 Å². The SMILES string of the molecule is CCn1cc(Br)cc1C(=O)NC(CCO)COC. The second-order valence-corrected chi connectivity index (χ2v) is 4.88. The Morgan fingerprint density at radius 1 is 1.67 bits per heavy atom. The van der Waals surface area contributed by atoms with E-state index in [1.165, 1.54) is 0 Å². The van der Waals surface area contributed by atoms with Gasteiger partial charge in [-0.1, -0.05) is 0 Å². The van der Waals surface area contributed by atoms with Crippen molar-refractivity contribution in [3.63, 3.8) is 0 Å². The number of carbonyl (C=O) groups is 1. The third-order valence-corrected chi connectivity index (χ3v) is 3.05. The highest BCUT2D eigenvalue weighted by molar-refractivity contribution is 9.10. The molecule has 1 aromatic rings. The van der Waals surface area contributed by atoms with E-state index < -0.39 is 0 Å². The summed E-state index contributed by atoms with van der Waals surface area (Å²) in [4.78, 5) is 12.1. The lowest BCUT2D eigenvalue weighted by Crippen LogP contribution is -2.39. The summed E-state index contributed by atoms with van der Waals surface area (Å²) in [7, 11) is 1.57. The van der Waals surface area contributed by atoms with Crippen molar-refractivity contribution < 1.29 is 14.6 Å². The quantitative estimate of drug-likeness (QED) is 0.798. The van der Waals surface area contributed by atoms with Crippen molar-refractivity contribution in [1.82, 2.24) is 9.88 Å². The fourth-order valence-corrected chi connectivity index (χ4v) is 2.20. The molecule has 0 aliphatic rings. The Bertz CT molecular complexity index is 387. The zero-order chi connectivity index (χ0) is 13.5. The van der Waals surface area contributed by atoms with Crippen molar-refractivity contribution in [3.05, 3.63) is 22.4 Å². The summed E-state index contributed by atoms with van der Waals surface area (Å²) >= 11 is 3.35. The van der Waals surface area contributed by atoms with Crippen LogP contribution in [0.2, 0.25) is 0 Å². The minimum atomic E-state index is -0.175. The number of aliphatic hydroxyl groups excluding tert-OH is 1. The highest BCUT2D eigenvalue weighted by atomic mass is 79.9. The normalized spacial score (nSPS) is 12.4. The third-order valence-electron chi connectivity index (χ3n) is 2.62. The van der Waals surface area contributed by atoms with Gasteiger partial charge in [-0.05, 0) is 35.3 Å². The molecule has 0 saturated carbocycles. The van der Waals surface area contributed by atoms with Gasteiger partial charge in [-0.25, -0.2) is 0 Å². The molecule has 5 nitrogen and oxygen atoms in total. The smallest absolute Gasteiger partial charge is 0.268 e. The number of nitrogens with zero attached hydrogens (tertiary/aromatic N) is 1. The molecule has 2 N–H and O–H groups in total. The van der Waals surface area contributed by atoms with Gasteiger partial charge in [0.05, 0.1) is 12.6 Å². The standard InChI is InChI=1S/C12H19BrN2O3/c1-3-15-7-9(13)6-11(15)12(17)14-10(4-5-16)8-18-2/h6-7,10,16H,3-5,8H2,1-2H3,(H,14,17). The summed E-state index contributed by atoms with van der Waals surface area (Å²) in [5, 5.41) is 11.8. The Balaban J connectivity index is 2.73. The van der Waals surface area contributed by atoms with Crippen LogP contribution >= 0.6 is 15.9 Å². The van der Waals surface area contributed by atoms with E-state index in [0.29, 0.717) is 18.7 Å². The molecule has 0 spiro atoms. The Morgan fingerprint density at radius 2 is 2.39 bits per heavy atom. The van der Waals surface area contributed by atoms with Crippen molar-refractivity contribution in [2.45, 2.75) is 25.9 Å². The second kappa shape index (κ2) is 7.56. The maximum Gasteiger partial charge on any atom is 0.268 e. The Hall–Kier alpha value is -0.850. The molecule has 6 heteroatoms. The number of carbonyl (C=O) groups excluding carboxylic acids is 1.